The van der Waals surface area contributed by atoms with Crippen LogP contribution in [0.3, 0.4) is 0 Å². The van der Waals surface area contributed by atoms with Crippen molar-refractivity contribution in [1.29, 1.82) is 0 Å². The van der Waals surface area contributed by atoms with E-state index in [2.05, 4.69) is 40.3 Å². The Kier molecular flexibility index (Phi) is 3.14. The van der Waals surface area contributed by atoms with Crippen LogP contribution in [0.5, 0.6) is 5.75 Å². The van der Waals surface area contributed by atoms with Crippen molar-refractivity contribution in [2.45, 2.75) is 38.8 Å². The van der Waals surface area contributed by atoms with Crippen molar-refractivity contribution >= 4 is 15.9 Å². The summed E-state index contributed by atoms with van der Waals surface area (Å²) in [5, 5.41) is 3.63. The zero-order valence-corrected chi connectivity index (χ0v) is 11.7. The summed E-state index contributed by atoms with van der Waals surface area (Å²) in [6.07, 6.45) is 3.68. The van der Waals surface area contributed by atoms with Crippen molar-refractivity contribution < 1.29 is 4.74 Å². The minimum atomic E-state index is 0.732. The molecule has 1 aliphatic carbocycles. The Bertz CT molecular complexity index is 432. The summed E-state index contributed by atoms with van der Waals surface area (Å²) in [4.78, 5) is 0. The van der Waals surface area contributed by atoms with Crippen LogP contribution in [0.2, 0.25) is 0 Å². The van der Waals surface area contributed by atoms with Gasteiger partial charge in [-0.1, -0.05) is 29.3 Å². The van der Waals surface area contributed by atoms with Crippen molar-refractivity contribution in [3.05, 3.63) is 27.7 Å². The Morgan fingerprint density at radius 1 is 1.47 bits per heavy atom. The van der Waals surface area contributed by atoms with Gasteiger partial charge >= 0.3 is 0 Å². The highest BCUT2D eigenvalue weighted by Gasteiger charge is 2.34. The van der Waals surface area contributed by atoms with Crippen molar-refractivity contribution in [1.82, 2.24) is 5.32 Å². The number of hydrogen-bond donors (Lipinski definition) is 1. The van der Waals surface area contributed by atoms with Crippen LogP contribution in [0, 0.1) is 5.92 Å². The molecule has 3 heteroatoms. The molecule has 2 nitrogen and oxygen atoms in total. The second-order valence-corrected chi connectivity index (χ2v) is 5.96. The van der Waals surface area contributed by atoms with E-state index in [1.54, 1.807) is 0 Å². The van der Waals surface area contributed by atoms with Gasteiger partial charge in [-0.15, -0.1) is 0 Å². The van der Waals surface area contributed by atoms with Crippen LogP contribution < -0.4 is 10.1 Å². The van der Waals surface area contributed by atoms with E-state index in [4.69, 9.17) is 4.74 Å². The predicted molar refractivity (Wildman–Crippen MR) is 72.4 cm³/mol. The Labute approximate surface area is 111 Å². The first-order chi connectivity index (χ1) is 8.28. The maximum Gasteiger partial charge on any atom is 0.127 e. The van der Waals surface area contributed by atoms with Crippen LogP contribution in [0.15, 0.2) is 16.6 Å². The third kappa shape index (κ3) is 2.36. The first kappa shape index (κ1) is 11.5. The molecular formula is C14H18BrNO. The molecule has 2 aliphatic rings. The predicted octanol–water partition coefficient (Wildman–Crippen LogP) is 3.27. The highest BCUT2D eigenvalue weighted by Crippen LogP contribution is 2.36. The zero-order valence-electron chi connectivity index (χ0n) is 10.1. The van der Waals surface area contributed by atoms with E-state index < -0.39 is 0 Å². The smallest absolute Gasteiger partial charge is 0.127 e. The molecule has 3 rings (SSSR count). The molecule has 1 fully saturated rings. The van der Waals surface area contributed by atoms with Gasteiger partial charge in [0.1, 0.15) is 5.75 Å². The van der Waals surface area contributed by atoms with Gasteiger partial charge in [-0.25, -0.2) is 0 Å². The molecule has 0 saturated heterocycles. The number of hydrogen-bond acceptors (Lipinski definition) is 2. The lowest BCUT2D eigenvalue weighted by Gasteiger charge is -2.10. The van der Waals surface area contributed by atoms with Gasteiger partial charge in [-0.2, -0.15) is 0 Å². The minimum Gasteiger partial charge on any atom is -0.493 e. The molecule has 1 saturated carbocycles. The molecule has 1 aromatic rings. The van der Waals surface area contributed by atoms with Gasteiger partial charge in [-0.05, 0) is 30.0 Å². The Balaban J connectivity index is 1.70. The Morgan fingerprint density at radius 2 is 2.35 bits per heavy atom. The number of halogens is 1. The molecule has 2 atom stereocenters. The molecule has 1 heterocycles. The second-order valence-electron chi connectivity index (χ2n) is 5.04. The third-order valence-electron chi connectivity index (χ3n) is 3.83. The average molecular weight is 296 g/mol. The standard InChI is InChI=1S/C14H18BrNO/c1-2-9-7-13(9)16-8-11-6-12(15)5-10-3-4-17-14(10)11/h5-6,9,13,16H,2-4,7-8H2,1H3. The number of rotatable bonds is 4. The Morgan fingerprint density at radius 3 is 3.12 bits per heavy atom. The highest BCUT2D eigenvalue weighted by molar-refractivity contribution is 9.10. The van der Waals surface area contributed by atoms with Gasteiger partial charge < -0.3 is 10.1 Å². The van der Waals surface area contributed by atoms with Crippen LogP contribution in [-0.4, -0.2) is 12.6 Å². The quantitative estimate of drug-likeness (QED) is 0.920. The van der Waals surface area contributed by atoms with Gasteiger partial charge in [0.15, 0.2) is 0 Å². The van der Waals surface area contributed by atoms with E-state index in [1.807, 2.05) is 0 Å². The van der Waals surface area contributed by atoms with Crippen molar-refractivity contribution in [3.63, 3.8) is 0 Å². The van der Waals surface area contributed by atoms with Crippen LogP contribution in [-0.2, 0) is 13.0 Å². The largest absolute Gasteiger partial charge is 0.493 e. The number of benzene rings is 1. The highest BCUT2D eigenvalue weighted by atomic mass is 79.9. The van der Waals surface area contributed by atoms with Gasteiger partial charge in [-0.3, -0.25) is 0 Å². The lowest BCUT2D eigenvalue weighted by atomic mass is 10.1. The second kappa shape index (κ2) is 4.62. The molecule has 0 radical (unpaired) electrons. The number of nitrogens with one attached hydrogen (secondary N) is 1. The van der Waals surface area contributed by atoms with Gasteiger partial charge in [0, 0.05) is 29.0 Å². The molecule has 0 aromatic heterocycles. The van der Waals surface area contributed by atoms with Crippen molar-refractivity contribution in [2.24, 2.45) is 5.92 Å². The summed E-state index contributed by atoms with van der Waals surface area (Å²) in [5.41, 5.74) is 2.65. The lowest BCUT2D eigenvalue weighted by molar-refractivity contribution is 0.352. The van der Waals surface area contributed by atoms with E-state index in [0.29, 0.717) is 0 Å². The molecular weight excluding hydrogens is 278 g/mol. The number of ether oxygens (including phenoxy) is 1. The summed E-state index contributed by atoms with van der Waals surface area (Å²) < 4.78 is 6.90. The summed E-state index contributed by atoms with van der Waals surface area (Å²) in [6, 6.07) is 5.09. The van der Waals surface area contributed by atoms with E-state index in [9.17, 15) is 0 Å². The van der Waals surface area contributed by atoms with Gasteiger partial charge in [0.05, 0.1) is 6.61 Å². The fourth-order valence-corrected chi connectivity index (χ4v) is 3.22. The summed E-state index contributed by atoms with van der Waals surface area (Å²) in [7, 11) is 0. The maximum absolute atomic E-state index is 5.73. The SMILES string of the molecule is CCC1CC1NCc1cc(Br)cc2c1OCC2. The molecule has 1 N–H and O–H groups in total. The van der Waals surface area contributed by atoms with Crippen molar-refractivity contribution in [3.8, 4) is 5.75 Å². The minimum absolute atomic E-state index is 0.732. The third-order valence-corrected chi connectivity index (χ3v) is 4.28. The van der Waals surface area contributed by atoms with E-state index in [1.165, 1.54) is 28.4 Å². The molecule has 1 aromatic carbocycles. The topological polar surface area (TPSA) is 21.3 Å². The molecule has 17 heavy (non-hydrogen) atoms. The van der Waals surface area contributed by atoms with Gasteiger partial charge in [0.2, 0.25) is 0 Å². The molecule has 2 unspecified atom stereocenters. The Hall–Kier alpha value is -0.540. The summed E-state index contributed by atoms with van der Waals surface area (Å²) in [5.74, 6) is 2.02. The monoisotopic (exact) mass is 295 g/mol. The summed E-state index contributed by atoms with van der Waals surface area (Å²) >= 11 is 3.58. The first-order valence-electron chi connectivity index (χ1n) is 6.45. The zero-order chi connectivity index (χ0) is 11.8. The molecule has 0 amide bonds. The average Bonchev–Trinajstić information content (AvgIpc) is 2.93. The van der Waals surface area contributed by atoms with Crippen LogP contribution in [0.1, 0.15) is 30.9 Å². The fourth-order valence-electron chi connectivity index (χ4n) is 2.67. The van der Waals surface area contributed by atoms with Crippen LogP contribution >= 0.6 is 15.9 Å². The summed E-state index contributed by atoms with van der Waals surface area (Å²) in [6.45, 7) is 4.04. The molecule has 1 aliphatic heterocycles. The molecule has 0 spiro atoms. The number of fused-ring (bicyclic) bond motifs is 1. The molecule has 0 bridgehead atoms. The van der Waals surface area contributed by atoms with Gasteiger partial charge in [0.25, 0.3) is 0 Å². The lowest BCUT2D eigenvalue weighted by Crippen LogP contribution is -2.18. The fraction of sp³-hybridized carbons (Fsp3) is 0.571. The normalized spacial score (nSPS) is 25.5. The van der Waals surface area contributed by atoms with E-state index in [-0.39, 0.29) is 0 Å². The van der Waals surface area contributed by atoms with E-state index in [0.717, 1.165) is 37.3 Å². The van der Waals surface area contributed by atoms with Crippen LogP contribution in [0.25, 0.3) is 0 Å². The van der Waals surface area contributed by atoms with Crippen molar-refractivity contribution in [2.75, 3.05) is 6.61 Å². The maximum atomic E-state index is 5.73. The van der Waals surface area contributed by atoms with Crippen LogP contribution in [0.4, 0.5) is 0 Å². The first-order valence-corrected chi connectivity index (χ1v) is 7.24. The molecule has 92 valence electrons. The van der Waals surface area contributed by atoms with E-state index >= 15 is 0 Å².